The summed E-state index contributed by atoms with van der Waals surface area (Å²) in [5.41, 5.74) is 7.49. The second-order valence-corrected chi connectivity index (χ2v) is 9.03. The number of aromatic nitrogens is 3. The number of para-hydroxylation sites is 1. The van der Waals surface area contributed by atoms with Crippen LogP contribution in [-0.4, -0.2) is 34.1 Å². The number of rotatable bonds is 6. The average molecular weight is 478 g/mol. The van der Waals surface area contributed by atoms with Gasteiger partial charge in [0.15, 0.2) is 0 Å². The molecule has 0 radical (unpaired) electrons. The maximum atomic E-state index is 12.4. The van der Waals surface area contributed by atoms with Crippen LogP contribution in [0, 0.1) is 0 Å². The van der Waals surface area contributed by atoms with E-state index in [0.29, 0.717) is 18.8 Å². The minimum absolute atomic E-state index is 0.449. The van der Waals surface area contributed by atoms with Gasteiger partial charge in [-0.25, -0.2) is 9.78 Å². The summed E-state index contributed by atoms with van der Waals surface area (Å²) < 4.78 is 5.47. The van der Waals surface area contributed by atoms with Crippen molar-refractivity contribution in [3.63, 3.8) is 0 Å². The summed E-state index contributed by atoms with van der Waals surface area (Å²) in [7, 11) is 0. The number of nitrogens with zero attached hydrogens (tertiary/aromatic N) is 2. The summed E-state index contributed by atoms with van der Waals surface area (Å²) in [6.07, 6.45) is 5.72. The molecule has 3 aromatic heterocycles. The maximum absolute atomic E-state index is 12.4. The molecule has 3 heterocycles. The molecule has 180 valence electrons. The molecule has 5 aromatic rings. The summed E-state index contributed by atoms with van der Waals surface area (Å²) in [4.78, 5) is 24.9. The predicted molar refractivity (Wildman–Crippen MR) is 142 cm³/mol. The zero-order valence-electron chi connectivity index (χ0n) is 19.9. The molecule has 0 unspecified atom stereocenters. The van der Waals surface area contributed by atoms with E-state index < -0.39 is 6.09 Å². The third-order valence-electron chi connectivity index (χ3n) is 6.63. The molecule has 1 amide bonds. The summed E-state index contributed by atoms with van der Waals surface area (Å²) in [5.74, 6) is 0.493. The largest absolute Gasteiger partial charge is 0.412 e. The number of carbonyl (C=O) groups excluding carboxylic acids is 1. The van der Waals surface area contributed by atoms with E-state index in [2.05, 4.69) is 38.8 Å². The Morgan fingerprint density at radius 3 is 2.72 bits per heavy atom. The number of fused-ring (bicyclic) bond motifs is 3. The van der Waals surface area contributed by atoms with Gasteiger partial charge < -0.3 is 20.4 Å². The lowest BCUT2D eigenvalue weighted by atomic mass is 9.92. The number of aryl methyl sites for hydroxylation is 1. The van der Waals surface area contributed by atoms with Gasteiger partial charge in [0.05, 0.1) is 5.52 Å². The fourth-order valence-electron chi connectivity index (χ4n) is 4.89. The normalized spacial score (nSPS) is 12.9. The lowest BCUT2D eigenvalue weighted by molar-refractivity contribution is 0.201. The Morgan fingerprint density at radius 1 is 0.972 bits per heavy atom. The third kappa shape index (κ3) is 4.47. The van der Waals surface area contributed by atoms with Crippen LogP contribution in [0.15, 0.2) is 72.9 Å². The molecule has 36 heavy (non-hydrogen) atoms. The van der Waals surface area contributed by atoms with Gasteiger partial charge in [0, 0.05) is 47.1 Å². The number of anilines is 1. The van der Waals surface area contributed by atoms with E-state index in [1.165, 1.54) is 24.1 Å². The van der Waals surface area contributed by atoms with E-state index in [4.69, 9.17) is 9.72 Å². The highest BCUT2D eigenvalue weighted by molar-refractivity contribution is 5.93. The Labute approximate surface area is 208 Å². The van der Waals surface area contributed by atoms with Gasteiger partial charge in [0.2, 0.25) is 0 Å². The van der Waals surface area contributed by atoms with Gasteiger partial charge in [-0.2, -0.15) is 0 Å². The number of aromatic amines is 1. The van der Waals surface area contributed by atoms with Crippen molar-refractivity contribution in [2.75, 3.05) is 18.4 Å². The number of carbonyl (C=O) groups is 1. The standard InChI is InChI=1S/C29H27N5O2/c35-29(36-21-13-11-19(12-14-21)26-18-20-6-5-15-31-28(20)34-26)32-17-16-30-27-22-7-1-3-9-24(22)33-25-10-4-2-8-23(25)27/h1,3,5-7,9,11-15,18H,2,4,8,10,16-17H2,(H,30,33)(H,31,34)(H,32,35). The van der Waals surface area contributed by atoms with Crippen LogP contribution in [0.1, 0.15) is 24.1 Å². The van der Waals surface area contributed by atoms with Gasteiger partial charge in [0.25, 0.3) is 0 Å². The monoisotopic (exact) mass is 477 g/mol. The second kappa shape index (κ2) is 9.70. The first-order chi connectivity index (χ1) is 17.7. The Bertz CT molecular complexity index is 1510. The molecule has 0 aliphatic heterocycles. The van der Waals surface area contributed by atoms with E-state index in [9.17, 15) is 4.79 Å². The SMILES string of the molecule is O=C(NCCNc1c2c(nc3ccccc13)CCCC2)Oc1ccc(-c2cc3cccnc3[nH]2)cc1. The van der Waals surface area contributed by atoms with Crippen LogP contribution in [0.5, 0.6) is 5.75 Å². The summed E-state index contributed by atoms with van der Waals surface area (Å²) in [6, 6.07) is 21.7. The molecule has 0 spiro atoms. The second-order valence-electron chi connectivity index (χ2n) is 9.03. The fraction of sp³-hybridized carbons (Fsp3) is 0.207. The van der Waals surface area contributed by atoms with Gasteiger partial charge in [-0.15, -0.1) is 0 Å². The van der Waals surface area contributed by atoms with Crippen LogP contribution >= 0.6 is 0 Å². The minimum atomic E-state index is -0.471. The molecular weight excluding hydrogens is 450 g/mol. The van der Waals surface area contributed by atoms with Crippen LogP contribution in [0.2, 0.25) is 0 Å². The third-order valence-corrected chi connectivity index (χ3v) is 6.63. The number of nitrogens with one attached hydrogen (secondary N) is 3. The molecule has 1 aliphatic carbocycles. The number of ether oxygens (including phenoxy) is 1. The van der Waals surface area contributed by atoms with Gasteiger partial charge in [-0.05, 0) is 85.3 Å². The van der Waals surface area contributed by atoms with Crippen LogP contribution in [0.4, 0.5) is 10.5 Å². The molecule has 7 nitrogen and oxygen atoms in total. The summed E-state index contributed by atoms with van der Waals surface area (Å²) >= 11 is 0. The highest BCUT2D eigenvalue weighted by atomic mass is 16.6. The molecule has 0 atom stereocenters. The first kappa shape index (κ1) is 22.1. The Morgan fingerprint density at radius 2 is 1.83 bits per heavy atom. The number of benzene rings is 2. The van der Waals surface area contributed by atoms with Crippen molar-refractivity contribution in [2.45, 2.75) is 25.7 Å². The predicted octanol–water partition coefficient (Wildman–Crippen LogP) is 5.86. The molecule has 2 aromatic carbocycles. The molecule has 3 N–H and O–H groups in total. The topological polar surface area (TPSA) is 91.9 Å². The van der Waals surface area contributed by atoms with Crippen molar-refractivity contribution in [3.05, 3.63) is 84.2 Å². The van der Waals surface area contributed by atoms with Crippen LogP contribution in [0.25, 0.3) is 33.2 Å². The Balaban J connectivity index is 1.06. The number of amides is 1. The highest BCUT2D eigenvalue weighted by Crippen LogP contribution is 2.33. The van der Waals surface area contributed by atoms with Crippen LogP contribution in [0.3, 0.4) is 0 Å². The smallest absolute Gasteiger partial charge is 0.410 e. The van der Waals surface area contributed by atoms with Crippen molar-refractivity contribution >= 4 is 33.7 Å². The van der Waals surface area contributed by atoms with Crippen molar-refractivity contribution in [1.29, 1.82) is 0 Å². The Hall–Kier alpha value is -4.39. The number of hydrogen-bond donors (Lipinski definition) is 3. The Kier molecular flexibility index (Phi) is 5.95. The first-order valence-electron chi connectivity index (χ1n) is 12.4. The molecule has 0 saturated heterocycles. The average Bonchev–Trinajstić information content (AvgIpc) is 3.35. The van der Waals surface area contributed by atoms with Crippen LogP contribution in [-0.2, 0) is 12.8 Å². The van der Waals surface area contributed by atoms with E-state index >= 15 is 0 Å². The zero-order valence-corrected chi connectivity index (χ0v) is 19.9. The van der Waals surface area contributed by atoms with Gasteiger partial charge in [-0.1, -0.05) is 18.2 Å². The van der Waals surface area contributed by atoms with E-state index in [-0.39, 0.29) is 0 Å². The van der Waals surface area contributed by atoms with E-state index in [1.807, 2.05) is 36.4 Å². The lowest BCUT2D eigenvalue weighted by Gasteiger charge is -2.21. The molecule has 1 aliphatic rings. The molecule has 0 bridgehead atoms. The molecule has 7 heteroatoms. The van der Waals surface area contributed by atoms with Crippen LogP contribution < -0.4 is 15.4 Å². The summed E-state index contributed by atoms with van der Waals surface area (Å²) in [6.45, 7) is 1.05. The number of hydrogen-bond acceptors (Lipinski definition) is 5. The molecule has 6 rings (SSSR count). The van der Waals surface area contributed by atoms with Crippen molar-refractivity contribution < 1.29 is 9.53 Å². The van der Waals surface area contributed by atoms with Crippen molar-refractivity contribution in [1.82, 2.24) is 20.3 Å². The quantitative estimate of drug-likeness (QED) is 0.267. The molecule has 0 saturated carbocycles. The minimum Gasteiger partial charge on any atom is -0.410 e. The number of H-pyrrole nitrogens is 1. The summed E-state index contributed by atoms with van der Waals surface area (Å²) in [5, 5.41) is 8.58. The highest BCUT2D eigenvalue weighted by Gasteiger charge is 2.18. The lowest BCUT2D eigenvalue weighted by Crippen LogP contribution is -2.31. The molecule has 0 fully saturated rings. The van der Waals surface area contributed by atoms with Gasteiger partial charge in [0.1, 0.15) is 11.4 Å². The maximum Gasteiger partial charge on any atom is 0.412 e. The zero-order chi connectivity index (χ0) is 24.3. The van der Waals surface area contributed by atoms with Gasteiger partial charge in [-0.3, -0.25) is 4.98 Å². The van der Waals surface area contributed by atoms with E-state index in [0.717, 1.165) is 51.7 Å². The number of pyridine rings is 2. The van der Waals surface area contributed by atoms with Gasteiger partial charge >= 0.3 is 6.09 Å². The van der Waals surface area contributed by atoms with E-state index in [1.54, 1.807) is 18.3 Å². The first-order valence-corrected chi connectivity index (χ1v) is 12.4. The van der Waals surface area contributed by atoms with Crippen molar-refractivity contribution in [3.8, 4) is 17.0 Å². The fourth-order valence-corrected chi connectivity index (χ4v) is 4.89. The molecular formula is C29H27N5O2. The van der Waals surface area contributed by atoms with Crippen molar-refractivity contribution in [2.24, 2.45) is 0 Å².